The first-order valence-electron chi connectivity index (χ1n) is 12.5. The molecule has 3 heterocycles. The van der Waals surface area contributed by atoms with Crippen LogP contribution in [0.5, 0.6) is 0 Å². The predicted molar refractivity (Wildman–Crippen MR) is 126 cm³/mol. The van der Waals surface area contributed by atoms with E-state index in [9.17, 15) is 4.79 Å². The molecule has 11 heteroatoms. The van der Waals surface area contributed by atoms with Gasteiger partial charge in [0.1, 0.15) is 5.60 Å². The summed E-state index contributed by atoms with van der Waals surface area (Å²) in [5.74, 6) is 1.82. The molecule has 0 aromatic carbocycles. The van der Waals surface area contributed by atoms with Gasteiger partial charge in [0.2, 0.25) is 0 Å². The van der Waals surface area contributed by atoms with Crippen molar-refractivity contribution in [2.75, 3.05) is 13.1 Å². The first-order chi connectivity index (χ1) is 16.1. The molecule has 2 unspecified atom stereocenters. The number of amides is 1. The van der Waals surface area contributed by atoms with Gasteiger partial charge in [-0.05, 0) is 89.5 Å². The van der Waals surface area contributed by atoms with E-state index in [-0.39, 0.29) is 6.09 Å². The predicted octanol–water partition coefficient (Wildman–Crippen LogP) is 2.66. The van der Waals surface area contributed by atoms with Crippen LogP contribution in [0.25, 0.3) is 0 Å². The van der Waals surface area contributed by atoms with Gasteiger partial charge in [-0.25, -0.2) is 14.2 Å². The van der Waals surface area contributed by atoms with Gasteiger partial charge in [0, 0.05) is 32.7 Å². The number of rotatable bonds is 9. The number of aryl methyl sites for hydroxylation is 2. The fourth-order valence-corrected chi connectivity index (χ4v) is 4.75. The Balaban J connectivity index is 1.52. The average molecular weight is 474 g/mol. The zero-order chi connectivity index (χ0) is 24.5. The number of ether oxygens (including phenoxy) is 1. The van der Waals surface area contributed by atoms with E-state index in [1.54, 1.807) is 0 Å². The third-order valence-corrected chi connectivity index (χ3v) is 6.77. The Kier molecular flexibility index (Phi) is 6.93. The number of carbonyl (C=O) groups excluding carboxylic acids is 1. The SMILES string of the molecule is CCn1nnc(C)c1CNC(C)(CC1CCN(C(=O)OC(C)(C)C)C1)c1nnnn1CC1CC1. The average Bonchev–Trinajstić information content (AvgIpc) is 3.12. The van der Waals surface area contributed by atoms with Crippen LogP contribution in [0.2, 0.25) is 0 Å². The highest BCUT2D eigenvalue weighted by Gasteiger charge is 2.40. The smallest absolute Gasteiger partial charge is 0.410 e. The number of likely N-dealkylation sites (tertiary alicyclic amines) is 1. The highest BCUT2D eigenvalue weighted by atomic mass is 16.6. The van der Waals surface area contributed by atoms with Crippen LogP contribution in [0.3, 0.4) is 0 Å². The summed E-state index contributed by atoms with van der Waals surface area (Å²) in [7, 11) is 0. The third-order valence-electron chi connectivity index (χ3n) is 6.77. The maximum atomic E-state index is 12.6. The molecule has 4 rings (SSSR count). The standard InChI is InChI=1S/C23H39N9O2/c1-7-31-19(16(2)25-28-31)13-24-23(6,20-26-27-29-32(20)15-17-8-9-17)12-18-10-11-30(14-18)21(33)34-22(3,4)5/h17-18,24H,7-15H2,1-6H3. The lowest BCUT2D eigenvalue weighted by Crippen LogP contribution is -2.44. The number of nitrogens with zero attached hydrogens (tertiary/aromatic N) is 8. The summed E-state index contributed by atoms with van der Waals surface area (Å²) in [6, 6.07) is 0. The van der Waals surface area contributed by atoms with Crippen LogP contribution in [0.1, 0.15) is 77.5 Å². The quantitative estimate of drug-likeness (QED) is 0.591. The van der Waals surface area contributed by atoms with Crippen molar-refractivity contribution < 1.29 is 9.53 Å². The van der Waals surface area contributed by atoms with Gasteiger partial charge < -0.3 is 9.64 Å². The minimum Gasteiger partial charge on any atom is -0.444 e. The van der Waals surface area contributed by atoms with Gasteiger partial charge >= 0.3 is 6.09 Å². The lowest BCUT2D eigenvalue weighted by atomic mass is 9.87. The molecule has 188 valence electrons. The number of hydrogen-bond donors (Lipinski definition) is 1. The molecular weight excluding hydrogens is 434 g/mol. The van der Waals surface area contributed by atoms with Crippen LogP contribution in [-0.2, 0) is 29.9 Å². The molecule has 2 aromatic rings. The Hall–Kier alpha value is -2.56. The topological polar surface area (TPSA) is 116 Å². The van der Waals surface area contributed by atoms with E-state index in [2.05, 4.69) is 45.0 Å². The van der Waals surface area contributed by atoms with E-state index >= 15 is 0 Å². The van der Waals surface area contributed by atoms with Crippen molar-refractivity contribution in [1.82, 2.24) is 45.4 Å². The second kappa shape index (κ2) is 9.59. The molecule has 11 nitrogen and oxygen atoms in total. The zero-order valence-corrected chi connectivity index (χ0v) is 21.4. The molecular formula is C23H39N9O2. The second-order valence-corrected chi connectivity index (χ2v) is 11.0. The number of nitrogens with one attached hydrogen (secondary N) is 1. The molecule has 1 N–H and O–H groups in total. The third kappa shape index (κ3) is 5.73. The van der Waals surface area contributed by atoms with Gasteiger partial charge in [-0.1, -0.05) is 5.21 Å². The van der Waals surface area contributed by atoms with Crippen LogP contribution in [-0.4, -0.2) is 64.9 Å². The Labute approximate surface area is 201 Å². The van der Waals surface area contributed by atoms with E-state index < -0.39 is 11.1 Å². The minimum absolute atomic E-state index is 0.239. The molecule has 2 aromatic heterocycles. The van der Waals surface area contributed by atoms with Crippen molar-refractivity contribution in [2.24, 2.45) is 11.8 Å². The van der Waals surface area contributed by atoms with E-state index in [4.69, 9.17) is 4.74 Å². The van der Waals surface area contributed by atoms with Crippen molar-refractivity contribution >= 4 is 6.09 Å². The van der Waals surface area contributed by atoms with E-state index in [1.165, 1.54) is 12.8 Å². The highest BCUT2D eigenvalue weighted by molar-refractivity contribution is 5.68. The summed E-state index contributed by atoms with van der Waals surface area (Å²) >= 11 is 0. The molecule has 34 heavy (non-hydrogen) atoms. The fraction of sp³-hybridized carbons (Fsp3) is 0.826. The lowest BCUT2D eigenvalue weighted by molar-refractivity contribution is 0.0285. The van der Waals surface area contributed by atoms with Gasteiger partial charge in [-0.2, -0.15) is 0 Å². The van der Waals surface area contributed by atoms with Gasteiger partial charge in [0.25, 0.3) is 0 Å². The summed E-state index contributed by atoms with van der Waals surface area (Å²) in [4.78, 5) is 14.4. The van der Waals surface area contributed by atoms with Crippen LogP contribution in [0.15, 0.2) is 0 Å². The van der Waals surface area contributed by atoms with Crippen molar-refractivity contribution in [3.63, 3.8) is 0 Å². The Bertz CT molecular complexity index is 991. The molecule has 2 atom stereocenters. The summed E-state index contributed by atoms with van der Waals surface area (Å²) in [6.45, 7) is 15.5. The van der Waals surface area contributed by atoms with Crippen molar-refractivity contribution in [1.29, 1.82) is 0 Å². The van der Waals surface area contributed by atoms with E-state index in [0.29, 0.717) is 31.5 Å². The molecule has 0 bridgehead atoms. The summed E-state index contributed by atoms with van der Waals surface area (Å²) in [5.41, 5.74) is 1.02. The maximum absolute atomic E-state index is 12.6. The monoisotopic (exact) mass is 473 g/mol. The summed E-state index contributed by atoms with van der Waals surface area (Å²) < 4.78 is 9.49. The molecule has 1 saturated carbocycles. The van der Waals surface area contributed by atoms with Crippen molar-refractivity contribution in [3.05, 3.63) is 17.2 Å². The summed E-state index contributed by atoms with van der Waals surface area (Å²) in [6.07, 6.45) is 3.96. The first kappa shape index (κ1) is 24.6. The largest absolute Gasteiger partial charge is 0.444 e. The number of carbonyl (C=O) groups is 1. The number of tetrazole rings is 1. The minimum atomic E-state index is -0.496. The molecule has 1 saturated heterocycles. The van der Waals surface area contributed by atoms with Crippen LogP contribution in [0, 0.1) is 18.8 Å². The molecule has 0 radical (unpaired) electrons. The van der Waals surface area contributed by atoms with Crippen LogP contribution < -0.4 is 5.32 Å². The van der Waals surface area contributed by atoms with E-state index in [0.717, 1.165) is 43.1 Å². The second-order valence-electron chi connectivity index (χ2n) is 11.0. The molecule has 1 aliphatic carbocycles. The highest BCUT2D eigenvalue weighted by Crippen LogP contribution is 2.35. The number of hydrogen-bond acceptors (Lipinski definition) is 8. The first-order valence-corrected chi connectivity index (χ1v) is 12.5. The van der Waals surface area contributed by atoms with Crippen molar-refractivity contribution in [3.8, 4) is 0 Å². The molecule has 1 aliphatic heterocycles. The van der Waals surface area contributed by atoms with E-state index in [1.807, 2.05) is 42.0 Å². The summed E-state index contributed by atoms with van der Waals surface area (Å²) in [5, 5.41) is 25.1. The number of aromatic nitrogens is 7. The van der Waals surface area contributed by atoms with Crippen LogP contribution in [0.4, 0.5) is 4.79 Å². The lowest BCUT2D eigenvalue weighted by Gasteiger charge is -2.32. The van der Waals surface area contributed by atoms with Gasteiger partial charge in [0.05, 0.1) is 16.9 Å². The molecule has 0 spiro atoms. The molecule has 1 amide bonds. The molecule has 2 fully saturated rings. The molecule has 2 aliphatic rings. The zero-order valence-electron chi connectivity index (χ0n) is 21.4. The Morgan fingerprint density at radius 2 is 1.85 bits per heavy atom. The van der Waals surface area contributed by atoms with Gasteiger partial charge in [-0.15, -0.1) is 10.2 Å². The Morgan fingerprint density at radius 3 is 2.53 bits per heavy atom. The van der Waals surface area contributed by atoms with Gasteiger partial charge in [-0.3, -0.25) is 5.32 Å². The fourth-order valence-electron chi connectivity index (χ4n) is 4.75. The van der Waals surface area contributed by atoms with Gasteiger partial charge in [0.15, 0.2) is 5.82 Å². The Morgan fingerprint density at radius 1 is 1.09 bits per heavy atom. The normalized spacial score (nSPS) is 20.5. The maximum Gasteiger partial charge on any atom is 0.410 e. The van der Waals surface area contributed by atoms with Crippen LogP contribution >= 0.6 is 0 Å². The van der Waals surface area contributed by atoms with Crippen molar-refractivity contribution in [2.45, 2.75) is 98.0 Å².